The summed E-state index contributed by atoms with van der Waals surface area (Å²) >= 11 is 0. The number of nitrogens with zero attached hydrogens (tertiary/aromatic N) is 3. The standard InChI is InChI=1S/C85H61N3/c1-7-23-60(24-8-1)63-39-46-71(47-40-63)86(68-29-13-4-14-30-68)74-52-54-80-78-36-20-22-38-82(78)85(84(80)59-74)81-37-21-19-35-77(81)79-53-45-66(57-83(79)85)67-55-75(87(69-31-15-5-16-32-69)72-48-41-64(42-49-72)61-25-9-2-10-26-61)58-76(56-67)88(70-33-17-6-18-34-70)73-50-43-65(44-51-73)62-27-11-3-12-28-62/h1-11,13-27,29-59H,12,28H2. The highest BCUT2D eigenvalue weighted by atomic mass is 15.2. The van der Waals surface area contributed by atoms with Crippen molar-refractivity contribution >= 4 is 56.8 Å². The molecule has 88 heavy (non-hydrogen) atoms. The van der Waals surface area contributed by atoms with Crippen LogP contribution in [0.25, 0.3) is 61.2 Å². The Morgan fingerprint density at radius 2 is 0.580 bits per heavy atom. The molecule has 16 rings (SSSR count). The average molecular weight is 1120 g/mol. The van der Waals surface area contributed by atoms with Gasteiger partial charge in [0.25, 0.3) is 0 Å². The Labute approximate surface area is 516 Å². The first kappa shape index (κ1) is 52.3. The van der Waals surface area contributed by atoms with Crippen molar-refractivity contribution in [1.82, 2.24) is 0 Å². The summed E-state index contributed by atoms with van der Waals surface area (Å²) in [5.41, 5.74) is 28.8. The zero-order valence-corrected chi connectivity index (χ0v) is 48.7. The van der Waals surface area contributed by atoms with Crippen LogP contribution in [0.3, 0.4) is 0 Å². The number of hydrogen-bond acceptors (Lipinski definition) is 3. The third-order valence-electron chi connectivity index (χ3n) is 18.1. The molecule has 0 radical (unpaired) electrons. The Kier molecular flexibility index (Phi) is 13.3. The quantitative estimate of drug-likeness (QED) is 0.114. The first-order valence-electron chi connectivity index (χ1n) is 30.6. The van der Waals surface area contributed by atoms with Crippen LogP contribution < -0.4 is 14.7 Å². The van der Waals surface area contributed by atoms with E-state index in [-0.39, 0.29) is 0 Å². The van der Waals surface area contributed by atoms with Gasteiger partial charge >= 0.3 is 0 Å². The molecular weight excluding hydrogens is 1060 g/mol. The lowest BCUT2D eigenvalue weighted by molar-refractivity contribution is 0.794. The molecular formula is C85H61N3. The minimum absolute atomic E-state index is 0.637. The summed E-state index contributed by atoms with van der Waals surface area (Å²) in [5, 5.41) is 0. The topological polar surface area (TPSA) is 9.72 Å². The molecule has 0 N–H and O–H groups in total. The highest BCUT2D eigenvalue weighted by Gasteiger charge is 2.52. The summed E-state index contributed by atoms with van der Waals surface area (Å²) in [6.45, 7) is 0. The minimum atomic E-state index is -0.637. The van der Waals surface area contributed by atoms with Crippen molar-refractivity contribution in [1.29, 1.82) is 0 Å². The van der Waals surface area contributed by atoms with E-state index in [1.54, 1.807) is 0 Å². The molecule has 3 heteroatoms. The highest BCUT2D eigenvalue weighted by Crippen LogP contribution is 2.64. The Morgan fingerprint density at radius 3 is 1.05 bits per heavy atom. The second-order valence-electron chi connectivity index (χ2n) is 23.1. The Hall–Kier alpha value is -11.3. The van der Waals surface area contributed by atoms with Gasteiger partial charge in [0.05, 0.1) is 5.41 Å². The van der Waals surface area contributed by atoms with E-state index in [9.17, 15) is 0 Å². The SMILES string of the molecule is C1=CCCC(c2ccc(N(c3ccccc3)c3cc(-c4ccc5c(c4)C4(c6ccccc6-5)c5ccccc5-c5ccc(N(c6ccccc6)c6ccc(-c7ccccc7)cc6)cc54)cc(N(c4ccccc4)c4ccc(-c5ccccc5)cc4)c3)cc2)=C1. The monoisotopic (exact) mass is 1120 g/mol. The van der Waals surface area contributed by atoms with E-state index in [1.165, 1.54) is 77.9 Å². The van der Waals surface area contributed by atoms with Crippen molar-refractivity contribution in [2.75, 3.05) is 14.7 Å². The summed E-state index contributed by atoms with van der Waals surface area (Å²) in [6.07, 6.45) is 8.80. The molecule has 0 fully saturated rings. The van der Waals surface area contributed by atoms with Crippen molar-refractivity contribution in [3.05, 3.63) is 374 Å². The highest BCUT2D eigenvalue weighted by molar-refractivity contribution is 5.98. The van der Waals surface area contributed by atoms with Crippen LogP contribution >= 0.6 is 0 Å². The Balaban J connectivity index is 0.906. The van der Waals surface area contributed by atoms with Crippen molar-refractivity contribution in [2.45, 2.75) is 18.3 Å². The lowest BCUT2D eigenvalue weighted by atomic mass is 9.70. The third kappa shape index (κ3) is 9.15. The van der Waals surface area contributed by atoms with E-state index in [2.05, 4.69) is 361 Å². The summed E-state index contributed by atoms with van der Waals surface area (Å²) in [5.74, 6) is 0. The van der Waals surface area contributed by atoms with Crippen LogP contribution in [0.2, 0.25) is 0 Å². The van der Waals surface area contributed by atoms with Gasteiger partial charge in [-0.25, -0.2) is 0 Å². The lowest BCUT2D eigenvalue weighted by Crippen LogP contribution is -2.26. The predicted molar refractivity (Wildman–Crippen MR) is 369 cm³/mol. The molecule has 0 aliphatic heterocycles. The smallest absolute Gasteiger partial charge is 0.0726 e. The van der Waals surface area contributed by atoms with Gasteiger partial charge in [-0.3, -0.25) is 0 Å². The average Bonchev–Trinajstić information content (AvgIpc) is 1.51. The van der Waals surface area contributed by atoms with Gasteiger partial charge in [-0.15, -0.1) is 0 Å². The van der Waals surface area contributed by atoms with Gasteiger partial charge in [0.1, 0.15) is 0 Å². The van der Waals surface area contributed by atoms with Crippen LogP contribution in [0.4, 0.5) is 51.2 Å². The lowest BCUT2D eigenvalue weighted by Gasteiger charge is -2.33. The van der Waals surface area contributed by atoms with Gasteiger partial charge in [0.2, 0.25) is 0 Å². The molecule has 0 amide bonds. The molecule has 0 bridgehead atoms. The maximum Gasteiger partial charge on any atom is 0.0726 e. The number of hydrogen-bond donors (Lipinski definition) is 0. The Bertz CT molecular complexity index is 4730. The zero-order valence-electron chi connectivity index (χ0n) is 48.7. The summed E-state index contributed by atoms with van der Waals surface area (Å²) in [6, 6.07) is 121. The van der Waals surface area contributed by atoms with Crippen LogP contribution in [-0.2, 0) is 5.41 Å². The number of allylic oxidation sites excluding steroid dienone is 4. The fourth-order valence-electron chi connectivity index (χ4n) is 14.1. The van der Waals surface area contributed by atoms with Crippen LogP contribution in [0.1, 0.15) is 40.7 Å². The van der Waals surface area contributed by atoms with E-state index < -0.39 is 5.41 Å². The first-order chi connectivity index (χ1) is 43.6. The number of fused-ring (bicyclic) bond motifs is 10. The van der Waals surface area contributed by atoms with Gasteiger partial charge in [0, 0.05) is 51.2 Å². The van der Waals surface area contributed by atoms with E-state index in [4.69, 9.17) is 0 Å². The fraction of sp³-hybridized carbons (Fsp3) is 0.0353. The molecule has 416 valence electrons. The summed E-state index contributed by atoms with van der Waals surface area (Å²) in [7, 11) is 0. The van der Waals surface area contributed by atoms with Crippen LogP contribution in [0.15, 0.2) is 346 Å². The maximum atomic E-state index is 2.53. The molecule has 1 unspecified atom stereocenters. The fourth-order valence-corrected chi connectivity index (χ4v) is 14.1. The van der Waals surface area contributed by atoms with E-state index in [0.717, 1.165) is 75.2 Å². The van der Waals surface area contributed by atoms with Gasteiger partial charge < -0.3 is 14.7 Å². The molecule has 1 spiro atoms. The van der Waals surface area contributed by atoms with E-state index in [0.29, 0.717) is 0 Å². The van der Waals surface area contributed by atoms with Crippen LogP contribution in [0.5, 0.6) is 0 Å². The third-order valence-corrected chi connectivity index (χ3v) is 18.1. The number of para-hydroxylation sites is 3. The number of anilines is 9. The van der Waals surface area contributed by atoms with Crippen molar-refractivity contribution in [3.63, 3.8) is 0 Å². The van der Waals surface area contributed by atoms with Gasteiger partial charge in [-0.1, -0.05) is 237 Å². The molecule has 0 saturated carbocycles. The number of benzene rings is 13. The molecule has 3 aliphatic carbocycles. The van der Waals surface area contributed by atoms with E-state index in [1.807, 2.05) is 0 Å². The first-order valence-corrected chi connectivity index (χ1v) is 30.6. The molecule has 3 nitrogen and oxygen atoms in total. The van der Waals surface area contributed by atoms with E-state index >= 15 is 0 Å². The summed E-state index contributed by atoms with van der Waals surface area (Å²) in [4.78, 5) is 7.26. The van der Waals surface area contributed by atoms with Crippen molar-refractivity contribution < 1.29 is 0 Å². The second kappa shape index (κ2) is 22.3. The molecule has 0 aromatic heterocycles. The molecule has 3 aliphatic rings. The largest absolute Gasteiger partial charge is 0.310 e. The van der Waals surface area contributed by atoms with Crippen molar-refractivity contribution in [3.8, 4) is 55.6 Å². The van der Waals surface area contributed by atoms with Gasteiger partial charge in [-0.2, -0.15) is 0 Å². The molecule has 1 atom stereocenters. The number of rotatable bonds is 13. The predicted octanol–water partition coefficient (Wildman–Crippen LogP) is 23.2. The molecule has 13 aromatic rings. The molecule has 0 saturated heterocycles. The minimum Gasteiger partial charge on any atom is -0.310 e. The molecule has 13 aromatic carbocycles. The Morgan fingerprint density at radius 1 is 0.227 bits per heavy atom. The normalized spacial score (nSPS) is 14.1. The maximum absolute atomic E-state index is 2.53. The van der Waals surface area contributed by atoms with Crippen LogP contribution in [-0.4, -0.2) is 0 Å². The second-order valence-corrected chi connectivity index (χ2v) is 23.1. The van der Waals surface area contributed by atoms with Crippen LogP contribution in [0, 0.1) is 0 Å². The van der Waals surface area contributed by atoms with Crippen molar-refractivity contribution in [2.24, 2.45) is 0 Å². The summed E-state index contributed by atoms with van der Waals surface area (Å²) < 4.78 is 0. The van der Waals surface area contributed by atoms with Gasteiger partial charge in [-0.05, 0) is 211 Å². The molecule has 0 heterocycles. The van der Waals surface area contributed by atoms with Gasteiger partial charge in [0.15, 0.2) is 0 Å². The zero-order chi connectivity index (χ0) is 58.4.